The highest BCUT2D eigenvalue weighted by molar-refractivity contribution is 5.76. The lowest BCUT2D eigenvalue weighted by atomic mass is 10.1. The molecular formula is C13H23F3N2O. The van der Waals surface area contributed by atoms with Crippen LogP contribution >= 0.6 is 0 Å². The molecule has 0 aromatic heterocycles. The third-order valence-corrected chi connectivity index (χ3v) is 3.40. The Labute approximate surface area is 112 Å². The molecule has 1 fully saturated rings. The van der Waals surface area contributed by atoms with E-state index in [0.29, 0.717) is 13.0 Å². The number of nitrogens with zero attached hydrogens (tertiary/aromatic N) is 2. The number of rotatable bonds is 3. The van der Waals surface area contributed by atoms with E-state index in [4.69, 9.17) is 0 Å². The van der Waals surface area contributed by atoms with Crippen LogP contribution in [-0.2, 0) is 4.79 Å². The van der Waals surface area contributed by atoms with Gasteiger partial charge >= 0.3 is 6.18 Å². The minimum absolute atomic E-state index is 0.167. The van der Waals surface area contributed by atoms with Gasteiger partial charge in [-0.05, 0) is 19.8 Å². The summed E-state index contributed by atoms with van der Waals surface area (Å²) in [5.41, 5.74) is 0. The quantitative estimate of drug-likeness (QED) is 0.793. The summed E-state index contributed by atoms with van der Waals surface area (Å²) in [5, 5.41) is 0. The molecule has 1 rings (SSSR count). The van der Waals surface area contributed by atoms with Gasteiger partial charge in [0.2, 0.25) is 5.91 Å². The maximum absolute atomic E-state index is 13.1. The maximum Gasteiger partial charge on any atom is 0.405 e. The van der Waals surface area contributed by atoms with Crippen molar-refractivity contribution in [3.63, 3.8) is 0 Å². The molecule has 19 heavy (non-hydrogen) atoms. The van der Waals surface area contributed by atoms with Crippen molar-refractivity contribution in [2.24, 2.45) is 5.92 Å². The highest BCUT2D eigenvalue weighted by atomic mass is 19.4. The Bertz CT molecular complexity index is 316. The lowest BCUT2D eigenvalue weighted by Crippen LogP contribution is -2.61. The number of hydrogen-bond donors (Lipinski definition) is 0. The average molecular weight is 280 g/mol. The first-order valence-corrected chi connectivity index (χ1v) is 6.73. The molecule has 0 aromatic rings. The van der Waals surface area contributed by atoms with Crippen LogP contribution in [0.1, 0.15) is 34.1 Å². The molecule has 3 nitrogen and oxygen atoms in total. The first kappa shape index (κ1) is 16.3. The monoisotopic (exact) mass is 280 g/mol. The molecule has 1 atom stereocenters. The van der Waals surface area contributed by atoms with Crippen LogP contribution in [0.4, 0.5) is 13.2 Å². The third-order valence-electron chi connectivity index (χ3n) is 3.40. The van der Waals surface area contributed by atoms with Crippen molar-refractivity contribution >= 4 is 5.91 Å². The molecule has 1 aliphatic rings. The highest BCUT2D eigenvalue weighted by Gasteiger charge is 2.47. The van der Waals surface area contributed by atoms with Gasteiger partial charge in [0, 0.05) is 32.1 Å². The van der Waals surface area contributed by atoms with Crippen LogP contribution in [0.2, 0.25) is 0 Å². The summed E-state index contributed by atoms with van der Waals surface area (Å²) in [7, 11) is 0. The Kier molecular flexibility index (Phi) is 5.24. The zero-order chi connectivity index (χ0) is 14.8. The van der Waals surface area contributed by atoms with Gasteiger partial charge < -0.3 is 4.90 Å². The number of hydrogen-bond acceptors (Lipinski definition) is 2. The fraction of sp³-hybridized carbons (Fsp3) is 0.923. The summed E-state index contributed by atoms with van der Waals surface area (Å²) in [6.07, 6.45) is -3.98. The van der Waals surface area contributed by atoms with Gasteiger partial charge in [-0.3, -0.25) is 9.69 Å². The van der Waals surface area contributed by atoms with Gasteiger partial charge in [0.25, 0.3) is 0 Å². The van der Waals surface area contributed by atoms with Crippen LogP contribution in [0.15, 0.2) is 0 Å². The van der Waals surface area contributed by atoms with Gasteiger partial charge in [0.1, 0.15) is 6.04 Å². The van der Waals surface area contributed by atoms with Crippen molar-refractivity contribution in [3.05, 3.63) is 0 Å². The molecular weight excluding hydrogens is 257 g/mol. The van der Waals surface area contributed by atoms with Gasteiger partial charge in [-0.25, -0.2) is 0 Å². The smallest absolute Gasteiger partial charge is 0.339 e. The Balaban J connectivity index is 2.76. The van der Waals surface area contributed by atoms with Crippen molar-refractivity contribution in [1.82, 2.24) is 9.80 Å². The van der Waals surface area contributed by atoms with Gasteiger partial charge in [-0.15, -0.1) is 0 Å². The van der Waals surface area contributed by atoms with E-state index in [9.17, 15) is 18.0 Å². The van der Waals surface area contributed by atoms with E-state index in [0.717, 1.165) is 0 Å². The zero-order valence-corrected chi connectivity index (χ0v) is 12.0. The average Bonchev–Trinajstić information content (AvgIpc) is 2.25. The minimum atomic E-state index is -4.29. The van der Waals surface area contributed by atoms with Crippen LogP contribution in [0, 0.1) is 5.92 Å². The molecule has 0 radical (unpaired) electrons. The topological polar surface area (TPSA) is 23.6 Å². The molecule has 1 saturated heterocycles. The van der Waals surface area contributed by atoms with E-state index in [2.05, 4.69) is 0 Å². The second-order valence-electron chi connectivity index (χ2n) is 5.83. The fourth-order valence-corrected chi connectivity index (χ4v) is 2.41. The normalized spacial score (nSPS) is 22.4. The fourth-order valence-electron chi connectivity index (χ4n) is 2.41. The van der Waals surface area contributed by atoms with E-state index in [1.807, 2.05) is 13.8 Å². The molecule has 112 valence electrons. The van der Waals surface area contributed by atoms with Crippen LogP contribution in [0.5, 0.6) is 0 Å². The predicted molar refractivity (Wildman–Crippen MR) is 67.7 cm³/mol. The number of halogens is 3. The summed E-state index contributed by atoms with van der Waals surface area (Å²) >= 11 is 0. The first-order chi connectivity index (χ1) is 8.62. The molecule has 0 aromatic carbocycles. The van der Waals surface area contributed by atoms with E-state index < -0.39 is 12.2 Å². The molecule has 0 bridgehead atoms. The molecule has 1 amide bonds. The number of carbonyl (C=O) groups is 1. The maximum atomic E-state index is 13.1. The molecule has 0 spiro atoms. The highest BCUT2D eigenvalue weighted by Crippen LogP contribution is 2.29. The lowest BCUT2D eigenvalue weighted by Gasteiger charge is -2.44. The summed E-state index contributed by atoms with van der Waals surface area (Å²) < 4.78 is 39.2. The molecule has 1 unspecified atom stereocenters. The Hall–Kier alpha value is -0.780. The van der Waals surface area contributed by atoms with Crippen molar-refractivity contribution in [3.8, 4) is 0 Å². The molecule has 0 aliphatic carbocycles. The van der Waals surface area contributed by atoms with Crippen LogP contribution in [-0.4, -0.2) is 53.6 Å². The number of amides is 1. The number of alkyl halides is 3. The van der Waals surface area contributed by atoms with Crippen LogP contribution in [0.25, 0.3) is 0 Å². The predicted octanol–water partition coefficient (Wildman–Crippen LogP) is 2.52. The molecule has 0 saturated carbocycles. The summed E-state index contributed by atoms with van der Waals surface area (Å²) in [6.45, 7) is 7.72. The second-order valence-corrected chi connectivity index (χ2v) is 5.83. The summed E-state index contributed by atoms with van der Waals surface area (Å²) in [6, 6.07) is -1.72. The Morgan fingerprint density at radius 2 is 1.79 bits per heavy atom. The van der Waals surface area contributed by atoms with Gasteiger partial charge in [0.05, 0.1) is 0 Å². The van der Waals surface area contributed by atoms with Crippen molar-refractivity contribution in [2.45, 2.75) is 52.4 Å². The van der Waals surface area contributed by atoms with E-state index in [1.54, 1.807) is 13.8 Å². The summed E-state index contributed by atoms with van der Waals surface area (Å²) in [5.74, 6) is -0.00683. The van der Waals surface area contributed by atoms with Crippen molar-refractivity contribution in [2.75, 3.05) is 19.6 Å². The van der Waals surface area contributed by atoms with E-state index in [1.165, 1.54) is 9.80 Å². The van der Waals surface area contributed by atoms with Gasteiger partial charge in [-0.2, -0.15) is 13.2 Å². The standard InChI is InChI=1S/C13H23F3N2O/c1-9(2)7-12(19)17-5-6-18(10(3)4)11(8-17)13(14,15)16/h9-11H,5-8H2,1-4H3. The Morgan fingerprint density at radius 1 is 1.21 bits per heavy atom. The molecule has 0 N–H and O–H groups in total. The largest absolute Gasteiger partial charge is 0.405 e. The number of carbonyl (C=O) groups excluding carboxylic acids is 1. The summed E-state index contributed by atoms with van der Waals surface area (Å²) in [4.78, 5) is 14.7. The zero-order valence-electron chi connectivity index (χ0n) is 12.0. The Morgan fingerprint density at radius 3 is 2.21 bits per heavy atom. The SMILES string of the molecule is CC(C)CC(=O)N1CCN(C(C)C)C(C(F)(F)F)C1. The van der Waals surface area contributed by atoms with E-state index >= 15 is 0 Å². The van der Waals surface area contributed by atoms with Crippen LogP contribution in [0.3, 0.4) is 0 Å². The van der Waals surface area contributed by atoms with Crippen molar-refractivity contribution < 1.29 is 18.0 Å². The second kappa shape index (κ2) is 6.11. The van der Waals surface area contributed by atoms with Crippen molar-refractivity contribution in [1.29, 1.82) is 0 Å². The molecule has 1 heterocycles. The first-order valence-electron chi connectivity index (χ1n) is 6.73. The van der Waals surface area contributed by atoms with Gasteiger partial charge in [-0.1, -0.05) is 13.8 Å². The third kappa shape index (κ3) is 4.37. The van der Waals surface area contributed by atoms with Gasteiger partial charge in [0.15, 0.2) is 0 Å². The number of piperazine rings is 1. The van der Waals surface area contributed by atoms with E-state index in [-0.39, 0.29) is 31.0 Å². The molecule has 1 aliphatic heterocycles. The minimum Gasteiger partial charge on any atom is -0.339 e. The molecule has 6 heteroatoms. The lowest BCUT2D eigenvalue weighted by molar-refractivity contribution is -0.202. The van der Waals surface area contributed by atoms with Crippen LogP contribution < -0.4 is 0 Å².